The van der Waals surface area contributed by atoms with Crippen LogP contribution in [0.3, 0.4) is 0 Å². The van der Waals surface area contributed by atoms with E-state index in [1.807, 2.05) is 19.1 Å². The number of amides is 2. The first-order valence-electron chi connectivity index (χ1n) is 11.8. The molecule has 10 heteroatoms. The van der Waals surface area contributed by atoms with Crippen molar-refractivity contribution in [2.24, 2.45) is 5.92 Å². The molecule has 0 bridgehead atoms. The fraction of sp³-hybridized carbons (Fsp3) is 0.250. The molecule has 0 aromatic heterocycles. The molecular formula is C28H25F3N2O5. The Kier molecular flexibility index (Phi) is 7.17. The van der Waals surface area contributed by atoms with Crippen molar-refractivity contribution in [2.45, 2.75) is 39.7 Å². The van der Waals surface area contributed by atoms with Gasteiger partial charge in [0.2, 0.25) is 0 Å². The summed E-state index contributed by atoms with van der Waals surface area (Å²) in [6.07, 6.45) is -4.82. The Hall–Kier alpha value is -4.34. The number of halogens is 3. The van der Waals surface area contributed by atoms with E-state index in [2.05, 4.69) is 10.1 Å². The highest BCUT2D eigenvalue weighted by Crippen LogP contribution is 2.33. The molecule has 1 aliphatic heterocycles. The summed E-state index contributed by atoms with van der Waals surface area (Å²) in [6, 6.07) is 14.3. The van der Waals surface area contributed by atoms with Gasteiger partial charge in [-0.3, -0.25) is 9.59 Å². The van der Waals surface area contributed by atoms with E-state index in [1.54, 1.807) is 38.1 Å². The van der Waals surface area contributed by atoms with Crippen LogP contribution in [0.25, 0.3) is 11.1 Å². The van der Waals surface area contributed by atoms with Gasteiger partial charge in [-0.25, -0.2) is 4.79 Å². The number of carboxylic acid groups (broad SMARTS) is 1. The second-order valence-corrected chi connectivity index (χ2v) is 9.39. The molecule has 1 aliphatic rings. The standard InChI is InChI=1S/C28H25F3N2O5/c1-15(2)24(27(36)37)33-14-19-5-4-18(13-23(19)26(33)35)22-11-8-20(12-16(22)3)32-25(34)17-6-9-21(10-7-17)38-28(29,30)31/h4-13,15,24H,14H2,1-3H3,(H,32,34)(H,36,37)/t24-/m0/s1. The average molecular weight is 527 g/mol. The van der Waals surface area contributed by atoms with Gasteiger partial charge in [0.15, 0.2) is 0 Å². The lowest BCUT2D eigenvalue weighted by atomic mass is 9.96. The van der Waals surface area contributed by atoms with Gasteiger partial charge in [-0.1, -0.05) is 32.0 Å². The van der Waals surface area contributed by atoms with Crippen molar-refractivity contribution in [1.29, 1.82) is 0 Å². The number of hydrogen-bond donors (Lipinski definition) is 2. The molecule has 7 nitrogen and oxygen atoms in total. The van der Waals surface area contributed by atoms with Crippen LogP contribution in [-0.2, 0) is 11.3 Å². The van der Waals surface area contributed by atoms with E-state index < -0.39 is 30.0 Å². The molecule has 1 heterocycles. The third-order valence-corrected chi connectivity index (χ3v) is 6.31. The lowest BCUT2D eigenvalue weighted by Crippen LogP contribution is -2.44. The second kappa shape index (κ2) is 10.2. The molecule has 0 spiro atoms. The Morgan fingerprint density at radius 3 is 2.26 bits per heavy atom. The van der Waals surface area contributed by atoms with E-state index in [9.17, 15) is 32.7 Å². The Bertz CT molecular complexity index is 1400. The fourth-order valence-electron chi connectivity index (χ4n) is 4.57. The number of carbonyl (C=O) groups is 3. The minimum absolute atomic E-state index is 0.156. The summed E-state index contributed by atoms with van der Waals surface area (Å²) in [5.74, 6) is -2.54. The smallest absolute Gasteiger partial charge is 0.480 e. The Labute approximate surface area is 216 Å². The van der Waals surface area contributed by atoms with Gasteiger partial charge >= 0.3 is 12.3 Å². The normalized spacial score (nSPS) is 13.9. The van der Waals surface area contributed by atoms with E-state index in [0.29, 0.717) is 11.3 Å². The molecule has 0 fully saturated rings. The Morgan fingerprint density at radius 1 is 1.00 bits per heavy atom. The number of nitrogens with zero attached hydrogens (tertiary/aromatic N) is 1. The van der Waals surface area contributed by atoms with E-state index in [1.165, 1.54) is 17.0 Å². The molecular weight excluding hydrogens is 501 g/mol. The predicted molar refractivity (Wildman–Crippen MR) is 134 cm³/mol. The number of alkyl halides is 3. The zero-order valence-electron chi connectivity index (χ0n) is 20.8. The molecule has 2 amide bonds. The maximum atomic E-state index is 13.1. The monoisotopic (exact) mass is 526 g/mol. The molecule has 0 radical (unpaired) electrons. The Balaban J connectivity index is 1.50. The lowest BCUT2D eigenvalue weighted by Gasteiger charge is -2.27. The molecule has 0 saturated heterocycles. The number of aryl methyl sites for hydroxylation is 1. The molecule has 0 aliphatic carbocycles. The molecule has 0 saturated carbocycles. The topological polar surface area (TPSA) is 95.9 Å². The largest absolute Gasteiger partial charge is 0.573 e. The number of ether oxygens (including phenoxy) is 1. The van der Waals surface area contributed by atoms with Gasteiger partial charge in [0.05, 0.1) is 0 Å². The van der Waals surface area contributed by atoms with Gasteiger partial charge in [0.25, 0.3) is 11.8 Å². The van der Waals surface area contributed by atoms with Crippen LogP contribution < -0.4 is 10.1 Å². The molecule has 1 atom stereocenters. The van der Waals surface area contributed by atoms with E-state index >= 15 is 0 Å². The van der Waals surface area contributed by atoms with Crippen LogP contribution >= 0.6 is 0 Å². The van der Waals surface area contributed by atoms with Gasteiger partial charge in [-0.05, 0) is 77.6 Å². The molecule has 3 aromatic carbocycles. The number of carboxylic acids is 1. The van der Waals surface area contributed by atoms with Gasteiger partial charge in [0, 0.05) is 23.4 Å². The van der Waals surface area contributed by atoms with Crippen LogP contribution in [0.1, 0.15) is 45.7 Å². The molecule has 2 N–H and O–H groups in total. The fourth-order valence-corrected chi connectivity index (χ4v) is 4.57. The highest BCUT2D eigenvalue weighted by atomic mass is 19.4. The predicted octanol–water partition coefficient (Wildman–Crippen LogP) is 5.88. The highest BCUT2D eigenvalue weighted by molar-refractivity contribution is 6.04. The molecule has 198 valence electrons. The van der Waals surface area contributed by atoms with Crippen LogP contribution in [0.5, 0.6) is 5.75 Å². The average Bonchev–Trinajstić information content (AvgIpc) is 3.13. The van der Waals surface area contributed by atoms with Gasteiger partial charge < -0.3 is 20.1 Å². The second-order valence-electron chi connectivity index (χ2n) is 9.39. The van der Waals surface area contributed by atoms with Crippen molar-refractivity contribution < 1.29 is 37.4 Å². The van der Waals surface area contributed by atoms with Gasteiger partial charge in [0.1, 0.15) is 11.8 Å². The van der Waals surface area contributed by atoms with Crippen molar-refractivity contribution >= 4 is 23.5 Å². The number of hydrogen-bond acceptors (Lipinski definition) is 4. The summed E-state index contributed by atoms with van der Waals surface area (Å²) in [6.45, 7) is 5.61. The summed E-state index contributed by atoms with van der Waals surface area (Å²) >= 11 is 0. The van der Waals surface area contributed by atoms with E-state index in [4.69, 9.17) is 0 Å². The third kappa shape index (κ3) is 5.64. The van der Waals surface area contributed by atoms with Crippen LogP contribution in [0.2, 0.25) is 0 Å². The van der Waals surface area contributed by atoms with Crippen molar-refractivity contribution in [3.8, 4) is 16.9 Å². The SMILES string of the molecule is Cc1cc(NC(=O)c2ccc(OC(F)(F)F)cc2)ccc1-c1ccc2c(c1)C(=O)N([C@H](C(=O)O)C(C)C)C2. The zero-order valence-corrected chi connectivity index (χ0v) is 20.8. The van der Waals surface area contributed by atoms with E-state index in [0.717, 1.165) is 34.4 Å². The van der Waals surface area contributed by atoms with Crippen molar-refractivity contribution in [3.05, 3.63) is 82.9 Å². The number of aliphatic carboxylic acids is 1. The van der Waals surface area contributed by atoms with Crippen LogP contribution in [-0.4, -0.2) is 40.2 Å². The Morgan fingerprint density at radius 2 is 1.68 bits per heavy atom. The number of carbonyl (C=O) groups excluding carboxylic acids is 2. The van der Waals surface area contributed by atoms with Gasteiger partial charge in [-0.15, -0.1) is 13.2 Å². The number of nitrogens with one attached hydrogen (secondary N) is 1. The summed E-state index contributed by atoms with van der Waals surface area (Å²) in [4.78, 5) is 38.8. The molecule has 3 aromatic rings. The maximum absolute atomic E-state index is 13.1. The van der Waals surface area contributed by atoms with Crippen LogP contribution in [0.15, 0.2) is 60.7 Å². The first kappa shape index (κ1) is 26.7. The first-order valence-corrected chi connectivity index (χ1v) is 11.8. The lowest BCUT2D eigenvalue weighted by molar-refractivity contribution is -0.274. The van der Waals surface area contributed by atoms with Crippen molar-refractivity contribution in [1.82, 2.24) is 4.90 Å². The zero-order chi connectivity index (χ0) is 27.8. The number of anilines is 1. The van der Waals surface area contributed by atoms with Gasteiger partial charge in [-0.2, -0.15) is 0 Å². The summed E-state index contributed by atoms with van der Waals surface area (Å²) in [7, 11) is 0. The summed E-state index contributed by atoms with van der Waals surface area (Å²) in [5, 5.41) is 12.3. The number of rotatable bonds is 7. The molecule has 4 rings (SSSR count). The first-order chi connectivity index (χ1) is 17.8. The van der Waals surface area contributed by atoms with Crippen molar-refractivity contribution in [2.75, 3.05) is 5.32 Å². The highest BCUT2D eigenvalue weighted by Gasteiger charge is 2.38. The quantitative estimate of drug-likeness (QED) is 0.401. The summed E-state index contributed by atoms with van der Waals surface area (Å²) in [5.41, 5.74) is 4.27. The van der Waals surface area contributed by atoms with E-state index in [-0.39, 0.29) is 23.9 Å². The summed E-state index contributed by atoms with van der Waals surface area (Å²) < 4.78 is 40.8. The molecule has 0 unspecified atom stereocenters. The van der Waals surface area contributed by atoms with Crippen LogP contribution in [0.4, 0.5) is 18.9 Å². The van der Waals surface area contributed by atoms with Crippen molar-refractivity contribution in [3.63, 3.8) is 0 Å². The minimum Gasteiger partial charge on any atom is -0.480 e. The molecule has 38 heavy (non-hydrogen) atoms. The number of benzene rings is 3. The maximum Gasteiger partial charge on any atom is 0.573 e. The van der Waals surface area contributed by atoms with Crippen LogP contribution in [0, 0.1) is 12.8 Å². The third-order valence-electron chi connectivity index (χ3n) is 6.31. The number of fused-ring (bicyclic) bond motifs is 1. The minimum atomic E-state index is -4.82.